The van der Waals surface area contributed by atoms with E-state index in [1.807, 2.05) is 13.8 Å². The van der Waals surface area contributed by atoms with Gasteiger partial charge >= 0.3 is 23.9 Å². The Labute approximate surface area is 492 Å². The van der Waals surface area contributed by atoms with E-state index in [9.17, 15) is 39.6 Å². The molecule has 12 heteroatoms. The van der Waals surface area contributed by atoms with Crippen LogP contribution in [-0.4, -0.2) is 90.3 Å². The molecule has 0 aliphatic carbocycles. The Morgan fingerprint density at radius 2 is 0.494 bits per heavy atom. The van der Waals surface area contributed by atoms with Gasteiger partial charge < -0.3 is 20.4 Å². The van der Waals surface area contributed by atoms with E-state index in [2.05, 4.69) is 27.7 Å². The fourth-order valence-corrected chi connectivity index (χ4v) is 16.8. The lowest BCUT2D eigenvalue weighted by atomic mass is 9.47. The SMILES string of the molecule is CCCCCCCCCCCCSCC(CC(C)(C)C(C(CSCCCCCCCCCCCC)C(=O)O)(C(CSCCCCCCCCCCCC)C(=O)O)C(CSCCCCCCCCCCCC)C(=O)O)C(=O)O. The van der Waals surface area contributed by atoms with E-state index in [-0.39, 0.29) is 23.7 Å². The highest BCUT2D eigenvalue weighted by molar-refractivity contribution is 8.00. The van der Waals surface area contributed by atoms with Crippen LogP contribution in [0.4, 0.5) is 0 Å². The summed E-state index contributed by atoms with van der Waals surface area (Å²) in [5.74, 6) is -5.86. The van der Waals surface area contributed by atoms with Crippen LogP contribution in [-0.2, 0) is 19.2 Å². The van der Waals surface area contributed by atoms with Gasteiger partial charge in [-0.05, 0) is 60.5 Å². The maximum atomic E-state index is 14.2. The number of carbonyl (C=O) groups is 4. The number of unbranched alkanes of at least 4 members (excludes halogenated alkanes) is 36. The molecule has 0 saturated carbocycles. The molecule has 0 saturated heterocycles. The zero-order valence-corrected chi connectivity index (χ0v) is 54.3. The average Bonchev–Trinajstić information content (AvgIpc) is 3.39. The molecule has 4 N–H and O–H groups in total. The van der Waals surface area contributed by atoms with Gasteiger partial charge in [0.15, 0.2) is 0 Å². The molecule has 77 heavy (non-hydrogen) atoms. The molecular weight excluding hydrogens is 1040 g/mol. The topological polar surface area (TPSA) is 149 Å². The van der Waals surface area contributed by atoms with Crippen LogP contribution in [0.1, 0.15) is 305 Å². The predicted octanol–water partition coefficient (Wildman–Crippen LogP) is 20.8. The molecule has 0 heterocycles. The Kier molecular flexibility index (Phi) is 52.8. The smallest absolute Gasteiger partial charge is 0.307 e. The van der Waals surface area contributed by atoms with E-state index in [0.717, 1.165) is 76.4 Å². The van der Waals surface area contributed by atoms with Crippen LogP contribution >= 0.6 is 47.0 Å². The van der Waals surface area contributed by atoms with Gasteiger partial charge in [-0.15, -0.1) is 0 Å². The van der Waals surface area contributed by atoms with Crippen LogP contribution in [0.5, 0.6) is 0 Å². The third kappa shape index (κ3) is 37.9. The lowest BCUT2D eigenvalue weighted by Gasteiger charge is -2.57. The second-order valence-corrected chi connectivity index (χ2v) is 28.4. The van der Waals surface area contributed by atoms with Crippen molar-refractivity contribution >= 4 is 70.9 Å². The van der Waals surface area contributed by atoms with Gasteiger partial charge in [0.2, 0.25) is 0 Å². The highest BCUT2D eigenvalue weighted by atomic mass is 32.2. The van der Waals surface area contributed by atoms with Crippen LogP contribution in [0, 0.1) is 34.5 Å². The summed E-state index contributed by atoms with van der Waals surface area (Å²) >= 11 is 6.16. The second-order valence-electron chi connectivity index (χ2n) is 23.8. The van der Waals surface area contributed by atoms with Crippen LogP contribution in [0.15, 0.2) is 0 Å². The quantitative estimate of drug-likeness (QED) is 0.0430. The monoisotopic (exact) mass is 1160 g/mol. The molecule has 0 rings (SSSR count). The number of thioether (sulfide) groups is 4. The minimum atomic E-state index is -1.80. The molecule has 0 aromatic carbocycles. The Balaban J connectivity index is 6.83. The number of carboxylic acids is 4. The molecule has 8 nitrogen and oxygen atoms in total. The molecule has 0 bridgehead atoms. The van der Waals surface area contributed by atoms with Crippen LogP contribution < -0.4 is 0 Å². The maximum absolute atomic E-state index is 14.2. The van der Waals surface area contributed by atoms with Crippen molar-refractivity contribution in [1.29, 1.82) is 0 Å². The molecule has 0 aromatic heterocycles. The Morgan fingerprint density at radius 1 is 0.299 bits per heavy atom. The van der Waals surface area contributed by atoms with E-state index >= 15 is 0 Å². The zero-order valence-electron chi connectivity index (χ0n) is 51.0. The summed E-state index contributed by atoms with van der Waals surface area (Å²) < 4.78 is 0. The number of hydrogen-bond acceptors (Lipinski definition) is 8. The first-order chi connectivity index (χ1) is 37.3. The fourth-order valence-electron chi connectivity index (χ4n) is 12.0. The summed E-state index contributed by atoms with van der Waals surface area (Å²) in [6, 6.07) is 0. The van der Waals surface area contributed by atoms with Crippen molar-refractivity contribution in [2.75, 3.05) is 46.0 Å². The second kappa shape index (κ2) is 53.3. The molecule has 4 unspecified atom stereocenters. The molecule has 0 spiro atoms. The Hall–Kier alpha value is -0.720. The molecule has 0 aliphatic heterocycles. The first kappa shape index (κ1) is 76.3. The van der Waals surface area contributed by atoms with Crippen LogP contribution in [0.25, 0.3) is 0 Å². The highest BCUT2D eigenvalue weighted by Gasteiger charge is 2.65. The van der Waals surface area contributed by atoms with E-state index in [1.165, 1.54) is 221 Å². The first-order valence-electron chi connectivity index (χ1n) is 32.5. The fraction of sp³-hybridized carbons (Fsp3) is 0.938. The van der Waals surface area contributed by atoms with Crippen molar-refractivity contribution in [3.05, 3.63) is 0 Å². The van der Waals surface area contributed by atoms with Gasteiger partial charge in [0.1, 0.15) is 0 Å². The van der Waals surface area contributed by atoms with Crippen LogP contribution in [0.2, 0.25) is 0 Å². The van der Waals surface area contributed by atoms with Crippen molar-refractivity contribution in [2.45, 2.75) is 305 Å². The standard InChI is InChI=1S/C65H124O8S4/c1-7-11-15-19-23-27-31-35-39-43-47-74-52-56(60(66)67)51-64(5,6)65(57(61(68)69)53-75-48-44-40-36-32-28-24-20-16-12-8-2,58(62(70)71)54-76-49-45-41-37-33-29-25-21-17-13-9-3)59(63(72)73)55-77-50-46-42-38-34-30-26-22-18-14-10-4/h56-59H,7-55H2,1-6H3,(H,66,67)(H,68,69)(H,70,71)(H,72,73). The van der Waals surface area contributed by atoms with Gasteiger partial charge in [0.05, 0.1) is 23.7 Å². The molecule has 456 valence electrons. The van der Waals surface area contributed by atoms with E-state index in [0.29, 0.717) is 23.0 Å². The largest absolute Gasteiger partial charge is 0.481 e. The Bertz CT molecular complexity index is 1270. The summed E-state index contributed by atoms with van der Waals surface area (Å²) in [7, 11) is 0. The number of hydrogen-bond donors (Lipinski definition) is 4. The highest BCUT2D eigenvalue weighted by Crippen LogP contribution is 2.61. The Morgan fingerprint density at radius 3 is 0.688 bits per heavy atom. The van der Waals surface area contributed by atoms with Crippen molar-refractivity contribution < 1.29 is 39.6 Å². The van der Waals surface area contributed by atoms with Gasteiger partial charge in [-0.2, -0.15) is 47.0 Å². The average molecular weight is 1160 g/mol. The summed E-state index contributed by atoms with van der Waals surface area (Å²) in [6.07, 6.45) is 47.8. The van der Waals surface area contributed by atoms with E-state index in [4.69, 9.17) is 0 Å². The summed E-state index contributed by atoms with van der Waals surface area (Å²) in [6.45, 7) is 12.6. The van der Waals surface area contributed by atoms with Gasteiger partial charge in [-0.25, -0.2) is 0 Å². The summed E-state index contributed by atoms with van der Waals surface area (Å²) in [5.41, 5.74) is -3.10. The zero-order chi connectivity index (χ0) is 57.1. The van der Waals surface area contributed by atoms with Gasteiger partial charge in [-0.3, -0.25) is 19.2 Å². The van der Waals surface area contributed by atoms with E-state index < -0.39 is 58.4 Å². The molecule has 0 fully saturated rings. The van der Waals surface area contributed by atoms with Gasteiger partial charge in [-0.1, -0.05) is 273 Å². The predicted molar refractivity (Wildman–Crippen MR) is 342 cm³/mol. The molecular formula is C65H124O8S4. The van der Waals surface area contributed by atoms with Crippen molar-refractivity contribution in [2.24, 2.45) is 34.5 Å². The minimum absolute atomic E-state index is 0.0000376. The molecule has 0 aromatic rings. The van der Waals surface area contributed by atoms with Crippen LogP contribution in [0.3, 0.4) is 0 Å². The third-order valence-electron chi connectivity index (χ3n) is 16.6. The summed E-state index contributed by atoms with van der Waals surface area (Å²) in [5, 5.41) is 45.7. The van der Waals surface area contributed by atoms with Gasteiger partial charge in [0.25, 0.3) is 0 Å². The van der Waals surface area contributed by atoms with Crippen molar-refractivity contribution in [3.8, 4) is 0 Å². The number of rotatable bonds is 62. The third-order valence-corrected chi connectivity index (χ3v) is 21.3. The normalized spacial score (nSPS) is 14.3. The van der Waals surface area contributed by atoms with Crippen molar-refractivity contribution in [1.82, 2.24) is 0 Å². The molecule has 4 atom stereocenters. The van der Waals surface area contributed by atoms with Gasteiger partial charge in [0, 0.05) is 28.4 Å². The minimum Gasteiger partial charge on any atom is -0.481 e. The lowest BCUT2D eigenvalue weighted by molar-refractivity contribution is -0.181. The molecule has 0 amide bonds. The first-order valence-corrected chi connectivity index (χ1v) is 37.1. The lowest BCUT2D eigenvalue weighted by Crippen LogP contribution is -2.62. The van der Waals surface area contributed by atoms with E-state index in [1.54, 1.807) is 11.8 Å². The maximum Gasteiger partial charge on any atom is 0.307 e. The molecule has 0 aliphatic rings. The van der Waals surface area contributed by atoms with Crippen molar-refractivity contribution in [3.63, 3.8) is 0 Å². The molecule has 0 radical (unpaired) electrons. The number of aliphatic carboxylic acids is 4. The summed E-state index contributed by atoms with van der Waals surface area (Å²) in [4.78, 5) is 56.0. The number of carboxylic acid groups (broad SMARTS) is 4.